The SMILES string of the molecule is CC1CN(Cc2cc(Cl)ccc2Cl)CCC1Br. The summed E-state index contributed by atoms with van der Waals surface area (Å²) in [6, 6.07) is 5.68. The van der Waals surface area contributed by atoms with Gasteiger partial charge in [-0.05, 0) is 42.6 Å². The van der Waals surface area contributed by atoms with E-state index < -0.39 is 0 Å². The Bertz CT molecular complexity index is 397. The molecule has 4 heteroatoms. The molecule has 1 fully saturated rings. The maximum Gasteiger partial charge on any atom is 0.0452 e. The fraction of sp³-hybridized carbons (Fsp3) is 0.538. The highest BCUT2D eigenvalue weighted by Gasteiger charge is 2.24. The van der Waals surface area contributed by atoms with E-state index in [1.165, 1.54) is 6.42 Å². The van der Waals surface area contributed by atoms with E-state index in [0.29, 0.717) is 10.7 Å². The second kappa shape index (κ2) is 5.92. The molecule has 0 aromatic heterocycles. The van der Waals surface area contributed by atoms with Gasteiger partial charge in [-0.25, -0.2) is 0 Å². The third kappa shape index (κ3) is 3.60. The van der Waals surface area contributed by atoms with Crippen LogP contribution in [0.2, 0.25) is 10.0 Å². The Kier molecular flexibility index (Phi) is 4.76. The molecule has 0 bridgehead atoms. The van der Waals surface area contributed by atoms with Crippen LogP contribution in [0.1, 0.15) is 18.9 Å². The van der Waals surface area contributed by atoms with Crippen molar-refractivity contribution < 1.29 is 0 Å². The van der Waals surface area contributed by atoms with Crippen molar-refractivity contribution in [1.29, 1.82) is 0 Å². The van der Waals surface area contributed by atoms with E-state index in [1.807, 2.05) is 18.2 Å². The summed E-state index contributed by atoms with van der Waals surface area (Å²) in [6.45, 7) is 5.40. The Labute approximate surface area is 121 Å². The molecule has 0 spiro atoms. The minimum absolute atomic E-state index is 0.647. The van der Waals surface area contributed by atoms with E-state index in [0.717, 1.165) is 35.2 Å². The molecule has 0 aliphatic carbocycles. The molecule has 1 aliphatic rings. The summed E-state index contributed by atoms with van der Waals surface area (Å²) in [6.07, 6.45) is 1.19. The monoisotopic (exact) mass is 335 g/mol. The van der Waals surface area contributed by atoms with Crippen LogP contribution in [0, 0.1) is 5.92 Å². The summed E-state index contributed by atoms with van der Waals surface area (Å²) in [7, 11) is 0. The van der Waals surface area contributed by atoms with E-state index in [4.69, 9.17) is 23.2 Å². The molecule has 0 amide bonds. The standard InChI is InChI=1S/C13H16BrCl2N/c1-9-7-17(5-4-12(9)14)8-10-6-11(15)2-3-13(10)16/h2-3,6,9,12H,4-5,7-8H2,1H3. The van der Waals surface area contributed by atoms with Gasteiger partial charge in [-0.15, -0.1) is 0 Å². The lowest BCUT2D eigenvalue weighted by molar-refractivity contribution is 0.183. The van der Waals surface area contributed by atoms with Crippen LogP contribution in [0.15, 0.2) is 18.2 Å². The van der Waals surface area contributed by atoms with Crippen molar-refractivity contribution in [3.05, 3.63) is 33.8 Å². The Morgan fingerprint density at radius 1 is 1.41 bits per heavy atom. The first-order valence-corrected chi connectivity index (χ1v) is 7.54. The zero-order valence-corrected chi connectivity index (χ0v) is 12.9. The molecule has 1 saturated heterocycles. The van der Waals surface area contributed by atoms with Gasteiger partial charge in [-0.2, -0.15) is 0 Å². The normalized spacial score (nSPS) is 26.1. The third-order valence-electron chi connectivity index (χ3n) is 3.29. The number of alkyl halides is 1. The molecule has 1 nitrogen and oxygen atoms in total. The molecule has 2 unspecified atom stereocenters. The lowest BCUT2D eigenvalue weighted by atomic mass is 9.99. The van der Waals surface area contributed by atoms with Gasteiger partial charge in [-0.3, -0.25) is 4.90 Å². The van der Waals surface area contributed by atoms with Crippen molar-refractivity contribution in [2.75, 3.05) is 13.1 Å². The average Bonchev–Trinajstić information content (AvgIpc) is 2.29. The summed E-state index contributed by atoms with van der Waals surface area (Å²) in [5.41, 5.74) is 1.12. The van der Waals surface area contributed by atoms with E-state index in [1.54, 1.807) is 0 Å². The molecule has 2 atom stereocenters. The molecule has 17 heavy (non-hydrogen) atoms. The Morgan fingerprint density at radius 2 is 2.18 bits per heavy atom. The van der Waals surface area contributed by atoms with Gasteiger partial charge in [0, 0.05) is 28.0 Å². The van der Waals surface area contributed by atoms with Crippen LogP contribution in [-0.4, -0.2) is 22.8 Å². The van der Waals surface area contributed by atoms with Crippen molar-refractivity contribution in [2.45, 2.75) is 24.7 Å². The van der Waals surface area contributed by atoms with Crippen molar-refractivity contribution in [1.82, 2.24) is 4.90 Å². The van der Waals surface area contributed by atoms with Crippen LogP contribution in [-0.2, 0) is 6.54 Å². The number of hydrogen-bond donors (Lipinski definition) is 0. The van der Waals surface area contributed by atoms with Gasteiger partial charge in [-0.1, -0.05) is 46.1 Å². The predicted octanol–water partition coefficient (Wildman–Crippen LogP) is 4.60. The predicted molar refractivity (Wildman–Crippen MR) is 78.2 cm³/mol. The van der Waals surface area contributed by atoms with Crippen LogP contribution < -0.4 is 0 Å². The molecule has 0 radical (unpaired) electrons. The van der Waals surface area contributed by atoms with Gasteiger partial charge in [0.05, 0.1) is 0 Å². The van der Waals surface area contributed by atoms with Gasteiger partial charge in [0.15, 0.2) is 0 Å². The summed E-state index contributed by atoms with van der Waals surface area (Å²) in [4.78, 5) is 3.09. The van der Waals surface area contributed by atoms with Crippen LogP contribution in [0.3, 0.4) is 0 Å². The Balaban J connectivity index is 2.03. The van der Waals surface area contributed by atoms with Crippen molar-refractivity contribution in [2.24, 2.45) is 5.92 Å². The van der Waals surface area contributed by atoms with Gasteiger partial charge in [0.2, 0.25) is 0 Å². The zero-order valence-electron chi connectivity index (χ0n) is 9.80. The lowest BCUT2D eigenvalue weighted by Crippen LogP contribution is -2.39. The third-order valence-corrected chi connectivity index (χ3v) is 5.25. The maximum atomic E-state index is 6.19. The van der Waals surface area contributed by atoms with E-state index in [2.05, 4.69) is 27.8 Å². The molecule has 1 aliphatic heterocycles. The first-order chi connectivity index (χ1) is 8.06. The number of benzene rings is 1. The fourth-order valence-electron chi connectivity index (χ4n) is 2.25. The molecular weight excluding hydrogens is 321 g/mol. The summed E-state index contributed by atoms with van der Waals surface area (Å²) in [5, 5.41) is 1.57. The number of piperidine rings is 1. The smallest absolute Gasteiger partial charge is 0.0452 e. The van der Waals surface area contributed by atoms with Crippen molar-refractivity contribution >= 4 is 39.1 Å². The highest BCUT2D eigenvalue weighted by atomic mass is 79.9. The van der Waals surface area contributed by atoms with Crippen molar-refractivity contribution in [3.8, 4) is 0 Å². The first-order valence-electron chi connectivity index (χ1n) is 5.86. The summed E-state index contributed by atoms with van der Waals surface area (Å²) < 4.78 is 0. The van der Waals surface area contributed by atoms with Crippen molar-refractivity contribution in [3.63, 3.8) is 0 Å². The summed E-state index contributed by atoms with van der Waals surface area (Å²) >= 11 is 15.9. The van der Waals surface area contributed by atoms with Gasteiger partial charge in [0.25, 0.3) is 0 Å². The minimum Gasteiger partial charge on any atom is -0.299 e. The van der Waals surface area contributed by atoms with E-state index in [-0.39, 0.29) is 0 Å². The van der Waals surface area contributed by atoms with Crippen LogP contribution in [0.4, 0.5) is 0 Å². The number of nitrogens with zero attached hydrogens (tertiary/aromatic N) is 1. The van der Waals surface area contributed by atoms with E-state index >= 15 is 0 Å². The van der Waals surface area contributed by atoms with Gasteiger partial charge >= 0.3 is 0 Å². The topological polar surface area (TPSA) is 3.24 Å². The van der Waals surface area contributed by atoms with Gasteiger partial charge < -0.3 is 0 Å². The number of hydrogen-bond acceptors (Lipinski definition) is 1. The van der Waals surface area contributed by atoms with Crippen LogP contribution >= 0.6 is 39.1 Å². The largest absolute Gasteiger partial charge is 0.299 e. The number of halogens is 3. The molecule has 1 aromatic carbocycles. The molecule has 0 saturated carbocycles. The second-order valence-electron chi connectivity index (χ2n) is 4.75. The van der Waals surface area contributed by atoms with Gasteiger partial charge in [0.1, 0.15) is 0 Å². The number of rotatable bonds is 2. The zero-order chi connectivity index (χ0) is 12.4. The quantitative estimate of drug-likeness (QED) is 0.713. The first kappa shape index (κ1) is 13.7. The highest BCUT2D eigenvalue weighted by molar-refractivity contribution is 9.09. The lowest BCUT2D eigenvalue weighted by Gasteiger charge is -2.34. The molecule has 2 rings (SSSR count). The van der Waals surface area contributed by atoms with Crippen LogP contribution in [0.25, 0.3) is 0 Å². The molecule has 94 valence electrons. The van der Waals surface area contributed by atoms with E-state index in [9.17, 15) is 0 Å². The Hall–Kier alpha value is 0.240. The second-order valence-corrected chi connectivity index (χ2v) is 6.77. The summed E-state index contributed by atoms with van der Waals surface area (Å²) in [5.74, 6) is 0.682. The number of likely N-dealkylation sites (tertiary alicyclic amines) is 1. The molecule has 1 aromatic rings. The molecule has 1 heterocycles. The average molecular weight is 337 g/mol. The fourth-order valence-corrected chi connectivity index (χ4v) is 3.00. The maximum absolute atomic E-state index is 6.19. The van der Waals surface area contributed by atoms with Crippen LogP contribution in [0.5, 0.6) is 0 Å². The molecular formula is C13H16BrCl2N. The highest BCUT2D eigenvalue weighted by Crippen LogP contribution is 2.27. The minimum atomic E-state index is 0.647. The molecule has 0 N–H and O–H groups in total. The Morgan fingerprint density at radius 3 is 2.88 bits per heavy atom.